The number of para-hydroxylation sites is 1. The lowest BCUT2D eigenvalue weighted by atomic mass is 10.1. The number of fused-ring (bicyclic) bond motifs is 1. The third-order valence-corrected chi connectivity index (χ3v) is 4.29. The molecule has 0 amide bonds. The zero-order valence-electron chi connectivity index (χ0n) is 13.5. The molecule has 0 spiro atoms. The third-order valence-electron chi connectivity index (χ3n) is 4.29. The molecule has 0 bridgehead atoms. The zero-order chi connectivity index (χ0) is 16.2. The molecule has 1 fully saturated rings. The van der Waals surface area contributed by atoms with E-state index in [-0.39, 0.29) is 0 Å². The van der Waals surface area contributed by atoms with Crippen LogP contribution in [-0.2, 0) is 17.8 Å². The van der Waals surface area contributed by atoms with Gasteiger partial charge in [0.2, 0.25) is 6.79 Å². The van der Waals surface area contributed by atoms with Crippen LogP contribution in [0.1, 0.15) is 11.1 Å². The van der Waals surface area contributed by atoms with Gasteiger partial charge in [0.25, 0.3) is 0 Å². The van der Waals surface area contributed by atoms with Crippen LogP contribution in [0.5, 0.6) is 11.5 Å². The number of ether oxygens (including phenoxy) is 3. The highest BCUT2D eigenvalue weighted by Gasteiger charge is 2.18. The fraction of sp³-hybridized carbons (Fsp3) is 0.389. The minimum absolute atomic E-state index is 0.302. The number of benzene rings is 1. The number of nitrogens with zero attached hydrogens (tertiary/aromatic N) is 2. The molecule has 0 unspecified atom stereocenters. The van der Waals surface area contributed by atoms with Crippen LogP contribution in [0.2, 0.25) is 0 Å². The summed E-state index contributed by atoms with van der Waals surface area (Å²) in [6.45, 7) is 5.09. The van der Waals surface area contributed by atoms with Crippen molar-refractivity contribution in [3.05, 3.63) is 47.7 Å². The van der Waals surface area contributed by atoms with Gasteiger partial charge in [0.1, 0.15) is 5.82 Å². The Labute approximate surface area is 141 Å². The van der Waals surface area contributed by atoms with Crippen molar-refractivity contribution in [2.45, 2.75) is 13.1 Å². The Balaban J connectivity index is 1.42. The zero-order valence-corrected chi connectivity index (χ0v) is 13.5. The lowest BCUT2D eigenvalue weighted by Gasteiger charge is -2.29. The van der Waals surface area contributed by atoms with Crippen molar-refractivity contribution in [3.63, 3.8) is 0 Å². The molecular formula is C18H21N3O3. The maximum atomic E-state index is 5.55. The fourth-order valence-corrected chi connectivity index (χ4v) is 3.09. The number of hydrogen-bond acceptors (Lipinski definition) is 6. The van der Waals surface area contributed by atoms with Gasteiger partial charge in [0.15, 0.2) is 11.5 Å². The van der Waals surface area contributed by atoms with E-state index >= 15 is 0 Å². The minimum atomic E-state index is 0.302. The number of pyridine rings is 1. The van der Waals surface area contributed by atoms with Gasteiger partial charge >= 0.3 is 0 Å². The van der Waals surface area contributed by atoms with E-state index in [1.54, 1.807) is 0 Å². The Morgan fingerprint density at radius 1 is 1.00 bits per heavy atom. The average molecular weight is 327 g/mol. The number of hydrogen-bond donors (Lipinski definition) is 1. The van der Waals surface area contributed by atoms with E-state index in [4.69, 9.17) is 14.2 Å². The van der Waals surface area contributed by atoms with Crippen molar-refractivity contribution < 1.29 is 14.2 Å². The van der Waals surface area contributed by atoms with Gasteiger partial charge in [-0.25, -0.2) is 4.98 Å². The Bertz CT molecular complexity index is 702. The fourth-order valence-electron chi connectivity index (χ4n) is 3.09. The first-order chi connectivity index (χ1) is 11.9. The van der Waals surface area contributed by atoms with Crippen LogP contribution < -0.4 is 19.7 Å². The number of morpholine rings is 1. The van der Waals surface area contributed by atoms with Crippen molar-refractivity contribution in [2.24, 2.45) is 0 Å². The van der Waals surface area contributed by atoms with Gasteiger partial charge in [-0.3, -0.25) is 0 Å². The van der Waals surface area contributed by atoms with E-state index in [1.165, 1.54) is 5.56 Å². The van der Waals surface area contributed by atoms with E-state index in [0.717, 1.165) is 62.3 Å². The largest absolute Gasteiger partial charge is 0.454 e. The maximum Gasteiger partial charge on any atom is 0.231 e. The van der Waals surface area contributed by atoms with Gasteiger partial charge in [-0.05, 0) is 12.1 Å². The van der Waals surface area contributed by atoms with Crippen LogP contribution in [0.3, 0.4) is 0 Å². The van der Waals surface area contributed by atoms with Gasteiger partial charge in [-0.1, -0.05) is 18.2 Å². The number of anilines is 1. The van der Waals surface area contributed by atoms with Crippen molar-refractivity contribution >= 4 is 5.82 Å². The van der Waals surface area contributed by atoms with Crippen molar-refractivity contribution in [1.29, 1.82) is 0 Å². The molecule has 0 atom stereocenters. The maximum absolute atomic E-state index is 5.55. The normalized spacial score (nSPS) is 16.4. The molecule has 0 radical (unpaired) electrons. The van der Waals surface area contributed by atoms with Crippen molar-refractivity contribution in [3.8, 4) is 11.5 Å². The van der Waals surface area contributed by atoms with Crippen molar-refractivity contribution in [1.82, 2.24) is 10.3 Å². The summed E-state index contributed by atoms with van der Waals surface area (Å²) in [5, 5.41) is 3.49. The molecule has 2 aliphatic heterocycles. The molecule has 1 aromatic heterocycles. The smallest absolute Gasteiger partial charge is 0.231 e. The number of nitrogens with one attached hydrogen (secondary N) is 1. The molecule has 1 saturated heterocycles. The van der Waals surface area contributed by atoms with Crippen LogP contribution in [0, 0.1) is 0 Å². The predicted octanol–water partition coefficient (Wildman–Crippen LogP) is 1.94. The van der Waals surface area contributed by atoms with Crippen LogP contribution in [0.15, 0.2) is 36.5 Å². The Morgan fingerprint density at radius 3 is 2.75 bits per heavy atom. The molecule has 6 heteroatoms. The second kappa shape index (κ2) is 7.07. The highest BCUT2D eigenvalue weighted by molar-refractivity contribution is 5.49. The van der Waals surface area contributed by atoms with Crippen LogP contribution in [-0.4, -0.2) is 38.1 Å². The quantitative estimate of drug-likeness (QED) is 0.906. The lowest BCUT2D eigenvalue weighted by molar-refractivity contribution is 0.122. The van der Waals surface area contributed by atoms with Crippen LogP contribution >= 0.6 is 0 Å². The molecule has 1 N–H and O–H groups in total. The highest BCUT2D eigenvalue weighted by Crippen LogP contribution is 2.35. The summed E-state index contributed by atoms with van der Waals surface area (Å²) in [5.41, 5.74) is 2.31. The SMILES string of the molecule is c1cnc(N2CCOCC2)c(CNCc2cccc3c2OCO3)c1. The summed E-state index contributed by atoms with van der Waals surface area (Å²) in [6, 6.07) is 10.1. The molecule has 2 aromatic rings. The standard InChI is InChI=1S/C18H21N3O3/c1-3-14(17-16(5-1)23-13-24-17)11-19-12-15-4-2-6-20-18(15)21-7-9-22-10-8-21/h1-6,19H,7-13H2. The monoisotopic (exact) mass is 327 g/mol. The Morgan fingerprint density at radius 2 is 1.83 bits per heavy atom. The first-order valence-electron chi connectivity index (χ1n) is 8.26. The molecule has 2 aliphatic rings. The van der Waals surface area contributed by atoms with Gasteiger partial charge in [-0.15, -0.1) is 0 Å². The second-order valence-corrected chi connectivity index (χ2v) is 5.84. The van der Waals surface area contributed by atoms with Gasteiger partial charge in [0, 0.05) is 43.5 Å². The molecule has 126 valence electrons. The summed E-state index contributed by atoms with van der Waals surface area (Å²) >= 11 is 0. The predicted molar refractivity (Wildman–Crippen MR) is 90.4 cm³/mol. The summed E-state index contributed by atoms with van der Waals surface area (Å²) in [7, 11) is 0. The summed E-state index contributed by atoms with van der Waals surface area (Å²) < 4.78 is 16.4. The van der Waals surface area contributed by atoms with Gasteiger partial charge in [-0.2, -0.15) is 0 Å². The summed E-state index contributed by atoms with van der Waals surface area (Å²) in [5.74, 6) is 2.72. The topological polar surface area (TPSA) is 55.9 Å². The Hall–Kier alpha value is -2.31. The molecule has 24 heavy (non-hydrogen) atoms. The van der Waals surface area contributed by atoms with E-state index in [9.17, 15) is 0 Å². The molecule has 0 saturated carbocycles. The Kier molecular flexibility index (Phi) is 4.49. The molecule has 6 nitrogen and oxygen atoms in total. The first kappa shape index (κ1) is 15.2. The number of aromatic nitrogens is 1. The minimum Gasteiger partial charge on any atom is -0.454 e. The lowest BCUT2D eigenvalue weighted by Crippen LogP contribution is -2.37. The first-order valence-corrected chi connectivity index (χ1v) is 8.26. The van der Waals surface area contributed by atoms with Crippen molar-refractivity contribution in [2.75, 3.05) is 38.0 Å². The van der Waals surface area contributed by atoms with E-state index < -0.39 is 0 Å². The van der Waals surface area contributed by atoms with E-state index in [0.29, 0.717) is 6.79 Å². The average Bonchev–Trinajstić information content (AvgIpc) is 3.12. The summed E-state index contributed by atoms with van der Waals surface area (Å²) in [6.07, 6.45) is 1.85. The second-order valence-electron chi connectivity index (χ2n) is 5.84. The summed E-state index contributed by atoms with van der Waals surface area (Å²) in [4.78, 5) is 6.86. The third kappa shape index (κ3) is 3.16. The van der Waals surface area contributed by atoms with Crippen LogP contribution in [0.25, 0.3) is 0 Å². The molecular weight excluding hydrogens is 306 g/mol. The highest BCUT2D eigenvalue weighted by atomic mass is 16.7. The number of rotatable bonds is 5. The molecule has 1 aromatic carbocycles. The molecule has 3 heterocycles. The van der Waals surface area contributed by atoms with Gasteiger partial charge in [0.05, 0.1) is 13.2 Å². The van der Waals surface area contributed by atoms with E-state index in [1.807, 2.05) is 24.4 Å². The van der Waals surface area contributed by atoms with Crippen LogP contribution in [0.4, 0.5) is 5.82 Å². The van der Waals surface area contributed by atoms with E-state index in [2.05, 4.69) is 27.3 Å². The van der Waals surface area contributed by atoms with Gasteiger partial charge < -0.3 is 24.4 Å². The molecule has 4 rings (SSSR count). The molecule has 0 aliphatic carbocycles.